The van der Waals surface area contributed by atoms with Crippen LogP contribution >= 0.6 is 0 Å². The van der Waals surface area contributed by atoms with Gasteiger partial charge in [0, 0.05) is 0 Å². The molecule has 0 radical (unpaired) electrons. The fourth-order valence-electron chi connectivity index (χ4n) is 2.44. The molecule has 5 heteroatoms. The lowest BCUT2D eigenvalue weighted by molar-refractivity contribution is -0.110. The van der Waals surface area contributed by atoms with Gasteiger partial charge in [-0.25, -0.2) is 0 Å². The molecule has 4 aromatic rings. The van der Waals surface area contributed by atoms with Crippen LogP contribution < -0.4 is 0 Å². The molecule has 0 aliphatic rings. The van der Waals surface area contributed by atoms with Crippen molar-refractivity contribution in [2.75, 3.05) is 0 Å². The van der Waals surface area contributed by atoms with Crippen LogP contribution in [0.2, 0.25) is 0 Å². The summed E-state index contributed by atoms with van der Waals surface area (Å²) in [6.07, 6.45) is 6.29. The molecule has 172 valence electrons. The number of benzene rings is 4. The highest BCUT2D eigenvalue weighted by Crippen LogP contribution is 2.12. The van der Waals surface area contributed by atoms with Crippen LogP contribution in [0.5, 0.6) is 23.0 Å². The number of carbonyl (C=O) groups excluding carboxylic acids is 1. The third-order valence-corrected chi connectivity index (χ3v) is 4.18. The summed E-state index contributed by atoms with van der Waals surface area (Å²) >= 11 is 0. The van der Waals surface area contributed by atoms with Crippen molar-refractivity contribution in [1.29, 1.82) is 0 Å². The first-order valence-corrected chi connectivity index (χ1v) is 10.4. The largest absolute Gasteiger partial charge is 0.508 e. The SMILES string of the molecule is O=C(C=Cc1ccc(O)cc1)C=Cc1ccc(O)cc1.Oc1ccccc1.Oc1ccccc1. The summed E-state index contributed by atoms with van der Waals surface area (Å²) in [4.78, 5) is 11.7. The van der Waals surface area contributed by atoms with E-state index in [0.717, 1.165) is 11.1 Å². The van der Waals surface area contributed by atoms with Crippen molar-refractivity contribution < 1.29 is 25.2 Å². The van der Waals surface area contributed by atoms with E-state index in [-0.39, 0.29) is 17.3 Å². The van der Waals surface area contributed by atoms with Gasteiger partial charge in [-0.05, 0) is 71.8 Å². The lowest BCUT2D eigenvalue weighted by Gasteiger charge is -1.94. The molecule has 4 aromatic carbocycles. The second-order valence-electron chi connectivity index (χ2n) is 6.92. The highest BCUT2D eigenvalue weighted by atomic mass is 16.3. The monoisotopic (exact) mass is 454 g/mol. The Bertz CT molecular complexity index is 1070. The molecule has 34 heavy (non-hydrogen) atoms. The Morgan fingerprint density at radius 3 is 1.00 bits per heavy atom. The summed E-state index contributed by atoms with van der Waals surface area (Å²) < 4.78 is 0. The second-order valence-corrected chi connectivity index (χ2v) is 6.92. The molecule has 0 atom stereocenters. The van der Waals surface area contributed by atoms with Crippen LogP contribution in [-0.2, 0) is 4.79 Å². The molecule has 0 heterocycles. The Labute approximate surface area is 198 Å². The van der Waals surface area contributed by atoms with Crippen molar-refractivity contribution in [3.63, 3.8) is 0 Å². The summed E-state index contributed by atoms with van der Waals surface area (Å²) in [5, 5.41) is 35.6. The van der Waals surface area contributed by atoms with E-state index in [2.05, 4.69) is 0 Å². The van der Waals surface area contributed by atoms with Crippen molar-refractivity contribution in [2.24, 2.45) is 0 Å². The van der Waals surface area contributed by atoms with E-state index in [4.69, 9.17) is 20.4 Å². The maximum absolute atomic E-state index is 11.7. The molecule has 0 aliphatic heterocycles. The van der Waals surface area contributed by atoms with Crippen LogP contribution in [0.3, 0.4) is 0 Å². The Balaban J connectivity index is 0.000000235. The predicted octanol–water partition coefficient (Wildman–Crippen LogP) is 6.18. The molecule has 4 rings (SSSR count). The topological polar surface area (TPSA) is 98.0 Å². The molecule has 0 bridgehead atoms. The number of para-hydroxylation sites is 2. The second kappa shape index (κ2) is 14.3. The number of carbonyl (C=O) groups is 1. The Morgan fingerprint density at radius 2 is 0.735 bits per heavy atom. The van der Waals surface area contributed by atoms with Gasteiger partial charge in [0.25, 0.3) is 0 Å². The van der Waals surface area contributed by atoms with Gasteiger partial charge in [0.05, 0.1) is 0 Å². The maximum atomic E-state index is 11.7. The average Bonchev–Trinajstić information content (AvgIpc) is 2.85. The summed E-state index contributed by atoms with van der Waals surface area (Å²) in [5.74, 6) is 0.901. The van der Waals surface area contributed by atoms with Crippen molar-refractivity contribution in [3.05, 3.63) is 132 Å². The van der Waals surface area contributed by atoms with Gasteiger partial charge >= 0.3 is 0 Å². The smallest absolute Gasteiger partial charge is 0.178 e. The van der Waals surface area contributed by atoms with Gasteiger partial charge in [0.1, 0.15) is 23.0 Å². The third kappa shape index (κ3) is 11.0. The van der Waals surface area contributed by atoms with Gasteiger partial charge in [0.2, 0.25) is 0 Å². The van der Waals surface area contributed by atoms with Crippen molar-refractivity contribution in [3.8, 4) is 23.0 Å². The minimum absolute atomic E-state index is 0.133. The van der Waals surface area contributed by atoms with Crippen LogP contribution in [0.4, 0.5) is 0 Å². The van der Waals surface area contributed by atoms with Gasteiger partial charge in [-0.15, -0.1) is 0 Å². The molecule has 5 nitrogen and oxygen atoms in total. The van der Waals surface area contributed by atoms with Gasteiger partial charge in [-0.3, -0.25) is 4.79 Å². The summed E-state index contributed by atoms with van der Waals surface area (Å²) in [6.45, 7) is 0. The minimum Gasteiger partial charge on any atom is -0.508 e. The summed E-state index contributed by atoms with van der Waals surface area (Å²) in [7, 11) is 0. The lowest BCUT2D eigenvalue weighted by atomic mass is 10.1. The number of hydrogen-bond donors (Lipinski definition) is 4. The lowest BCUT2D eigenvalue weighted by Crippen LogP contribution is -1.84. The summed E-state index contributed by atoms with van der Waals surface area (Å²) in [5.41, 5.74) is 1.68. The van der Waals surface area contributed by atoms with Crippen molar-refractivity contribution >= 4 is 17.9 Å². The normalized spacial score (nSPS) is 10.1. The van der Waals surface area contributed by atoms with E-state index >= 15 is 0 Å². The number of rotatable bonds is 4. The van der Waals surface area contributed by atoms with Gasteiger partial charge in [0.15, 0.2) is 5.78 Å². The Kier molecular flexibility index (Phi) is 10.7. The van der Waals surface area contributed by atoms with Crippen LogP contribution in [0.15, 0.2) is 121 Å². The van der Waals surface area contributed by atoms with Gasteiger partial charge in [-0.2, -0.15) is 0 Å². The molecular formula is C29H26O5. The van der Waals surface area contributed by atoms with E-state index in [1.54, 1.807) is 109 Å². The molecule has 0 spiro atoms. The number of aromatic hydroxyl groups is 4. The quantitative estimate of drug-likeness (QED) is 0.276. The van der Waals surface area contributed by atoms with Crippen LogP contribution in [0, 0.1) is 0 Å². The van der Waals surface area contributed by atoms with Crippen molar-refractivity contribution in [1.82, 2.24) is 0 Å². The van der Waals surface area contributed by atoms with E-state index in [1.165, 1.54) is 12.2 Å². The molecule has 0 saturated carbocycles. The zero-order chi connectivity index (χ0) is 24.6. The molecule has 0 aromatic heterocycles. The zero-order valence-corrected chi connectivity index (χ0v) is 18.4. The summed E-state index contributed by atoms with van der Waals surface area (Å²) in [6, 6.07) is 30.6. The molecule has 4 N–H and O–H groups in total. The van der Waals surface area contributed by atoms with Gasteiger partial charge in [-0.1, -0.05) is 72.8 Å². The number of ketones is 1. The molecule has 0 amide bonds. The van der Waals surface area contributed by atoms with E-state index in [1.807, 2.05) is 12.1 Å². The predicted molar refractivity (Wildman–Crippen MR) is 136 cm³/mol. The first-order valence-electron chi connectivity index (χ1n) is 10.4. The Hall–Kier alpha value is -4.77. The zero-order valence-electron chi connectivity index (χ0n) is 18.4. The number of phenolic OH excluding ortho intramolecular Hbond substituents is 4. The molecular weight excluding hydrogens is 428 g/mol. The molecule has 0 saturated heterocycles. The van der Waals surface area contributed by atoms with Crippen LogP contribution in [0.1, 0.15) is 11.1 Å². The first-order chi connectivity index (χ1) is 16.4. The highest BCUT2D eigenvalue weighted by Gasteiger charge is 1.93. The molecule has 0 aliphatic carbocycles. The molecule has 0 unspecified atom stereocenters. The Morgan fingerprint density at radius 1 is 0.441 bits per heavy atom. The third-order valence-electron chi connectivity index (χ3n) is 4.18. The number of allylic oxidation sites excluding steroid dienone is 2. The van der Waals surface area contributed by atoms with E-state index < -0.39 is 0 Å². The molecule has 0 fully saturated rings. The highest BCUT2D eigenvalue weighted by molar-refractivity contribution is 6.04. The number of phenols is 4. The minimum atomic E-state index is -0.133. The first kappa shape index (κ1) is 25.5. The fourth-order valence-corrected chi connectivity index (χ4v) is 2.44. The maximum Gasteiger partial charge on any atom is 0.178 e. The van der Waals surface area contributed by atoms with Crippen LogP contribution in [0.25, 0.3) is 12.2 Å². The fraction of sp³-hybridized carbons (Fsp3) is 0. The standard InChI is InChI=1S/C17H14O3.2C6H6O/c18-15-7-1-13(2-8-15)5-11-17(20)12-6-14-3-9-16(19)10-4-14;2*7-6-4-2-1-3-5-6/h1-12,18-19H;2*1-5,7H. The van der Waals surface area contributed by atoms with E-state index in [9.17, 15) is 4.79 Å². The average molecular weight is 455 g/mol. The van der Waals surface area contributed by atoms with Crippen molar-refractivity contribution in [2.45, 2.75) is 0 Å². The van der Waals surface area contributed by atoms with E-state index in [0.29, 0.717) is 11.5 Å². The van der Waals surface area contributed by atoms with Crippen LogP contribution in [-0.4, -0.2) is 26.2 Å². The number of hydrogen-bond acceptors (Lipinski definition) is 5. The van der Waals surface area contributed by atoms with Gasteiger partial charge < -0.3 is 20.4 Å².